The van der Waals surface area contributed by atoms with Crippen LogP contribution in [-0.4, -0.2) is 10.3 Å². The van der Waals surface area contributed by atoms with Gasteiger partial charge in [0.05, 0.1) is 12.1 Å². The molecule has 0 amide bonds. The molecule has 0 bridgehead atoms. The molecule has 27 heavy (non-hydrogen) atoms. The van der Waals surface area contributed by atoms with Crippen molar-refractivity contribution in [2.45, 2.75) is 24.5 Å². The number of benzene rings is 2. The van der Waals surface area contributed by atoms with Gasteiger partial charge in [-0.2, -0.15) is 13.2 Å². The minimum Gasteiger partial charge on any atom is -0.311 e. The van der Waals surface area contributed by atoms with Gasteiger partial charge in [0.2, 0.25) is 0 Å². The number of pyridine rings is 1. The lowest BCUT2D eigenvalue weighted by molar-refractivity contribution is -0.137. The van der Waals surface area contributed by atoms with E-state index in [4.69, 9.17) is 11.6 Å². The summed E-state index contributed by atoms with van der Waals surface area (Å²) >= 11 is 10.8. The highest BCUT2D eigenvalue weighted by Gasteiger charge is 2.31. The zero-order valence-corrected chi connectivity index (χ0v) is 17.3. The summed E-state index contributed by atoms with van der Waals surface area (Å²) in [6.07, 6.45) is -2.94. The average molecular weight is 477 g/mol. The number of halogens is 5. The van der Waals surface area contributed by atoms with Gasteiger partial charge in [-0.25, -0.2) is 0 Å². The van der Waals surface area contributed by atoms with Crippen LogP contribution >= 0.6 is 39.3 Å². The second-order valence-corrected chi connectivity index (χ2v) is 8.45. The summed E-state index contributed by atoms with van der Waals surface area (Å²) in [5, 5.41) is 1.01. The normalized spacial score (nSPS) is 11.9. The highest BCUT2D eigenvalue weighted by Crippen LogP contribution is 2.34. The molecule has 0 saturated heterocycles. The number of alkyl halides is 3. The number of hydrogen-bond acceptors (Lipinski definition) is 2. The predicted octanol–water partition coefficient (Wildman–Crippen LogP) is 6.60. The molecule has 0 spiro atoms. The van der Waals surface area contributed by atoms with E-state index in [-0.39, 0.29) is 16.4 Å². The average Bonchev–Trinajstić information content (AvgIpc) is 2.59. The molecule has 0 aliphatic rings. The molecule has 0 saturated carbocycles. The van der Waals surface area contributed by atoms with E-state index in [1.807, 2.05) is 13.0 Å². The van der Waals surface area contributed by atoms with Crippen LogP contribution < -0.4 is 5.56 Å². The number of nitrogens with zero attached hydrogens (tertiary/aromatic N) is 1. The number of rotatable bonds is 4. The zero-order chi connectivity index (χ0) is 19.8. The molecule has 8 heteroatoms. The van der Waals surface area contributed by atoms with Crippen molar-refractivity contribution in [3.05, 3.63) is 73.6 Å². The van der Waals surface area contributed by atoms with E-state index in [0.29, 0.717) is 10.4 Å². The van der Waals surface area contributed by atoms with Crippen LogP contribution in [0.5, 0.6) is 0 Å². The summed E-state index contributed by atoms with van der Waals surface area (Å²) < 4.78 is 41.0. The Labute approximate surface area is 171 Å². The van der Waals surface area contributed by atoms with Crippen LogP contribution in [0.15, 0.2) is 56.8 Å². The fourth-order valence-corrected chi connectivity index (χ4v) is 4.36. The monoisotopic (exact) mass is 475 g/mol. The van der Waals surface area contributed by atoms with Crippen LogP contribution in [0, 0.1) is 0 Å². The van der Waals surface area contributed by atoms with Gasteiger partial charge in [0.15, 0.2) is 0 Å². The Bertz CT molecular complexity index is 1070. The van der Waals surface area contributed by atoms with Crippen molar-refractivity contribution in [3.8, 4) is 0 Å². The molecule has 0 aliphatic carbocycles. The van der Waals surface area contributed by atoms with Crippen molar-refractivity contribution < 1.29 is 13.2 Å². The number of fused-ring (bicyclic) bond motifs is 1. The van der Waals surface area contributed by atoms with Crippen molar-refractivity contribution in [2.75, 3.05) is 5.75 Å². The van der Waals surface area contributed by atoms with Gasteiger partial charge in [-0.1, -0.05) is 34.5 Å². The molecular weight excluding hydrogens is 463 g/mol. The van der Waals surface area contributed by atoms with E-state index in [9.17, 15) is 18.0 Å². The van der Waals surface area contributed by atoms with E-state index in [0.717, 1.165) is 28.3 Å². The van der Waals surface area contributed by atoms with Crippen molar-refractivity contribution in [2.24, 2.45) is 0 Å². The smallest absolute Gasteiger partial charge is 0.311 e. The second kappa shape index (κ2) is 7.89. The second-order valence-electron chi connectivity index (χ2n) is 5.85. The Morgan fingerprint density at radius 1 is 1.15 bits per heavy atom. The summed E-state index contributed by atoms with van der Waals surface area (Å²) in [5.41, 5.74) is -0.490. The summed E-state index contributed by atoms with van der Waals surface area (Å²) in [6, 6.07) is 8.96. The third-order valence-corrected chi connectivity index (χ3v) is 5.92. The van der Waals surface area contributed by atoms with Gasteiger partial charge in [0.1, 0.15) is 0 Å². The molecule has 2 aromatic carbocycles. The molecule has 142 valence electrons. The molecule has 2 nitrogen and oxygen atoms in total. The molecule has 0 unspecified atom stereocenters. The Hall–Kier alpha value is -1.44. The Balaban J connectivity index is 2.13. The number of aromatic nitrogens is 1. The third-order valence-electron chi connectivity index (χ3n) is 4.03. The lowest BCUT2D eigenvalue weighted by atomic mass is 10.1. The fourth-order valence-electron chi connectivity index (χ4n) is 2.79. The Morgan fingerprint density at radius 3 is 2.56 bits per heavy atom. The lowest BCUT2D eigenvalue weighted by Gasteiger charge is -2.14. The maximum Gasteiger partial charge on any atom is 0.416 e. The van der Waals surface area contributed by atoms with Crippen molar-refractivity contribution in [1.82, 2.24) is 4.57 Å². The highest BCUT2D eigenvalue weighted by atomic mass is 79.9. The molecule has 0 aliphatic heterocycles. The first-order chi connectivity index (χ1) is 12.7. The van der Waals surface area contributed by atoms with E-state index < -0.39 is 17.3 Å². The first-order valence-electron chi connectivity index (χ1n) is 8.02. The van der Waals surface area contributed by atoms with Crippen molar-refractivity contribution in [1.29, 1.82) is 0 Å². The van der Waals surface area contributed by atoms with Crippen LogP contribution in [-0.2, 0) is 12.7 Å². The van der Waals surface area contributed by atoms with Crippen LogP contribution in [0.1, 0.15) is 18.1 Å². The van der Waals surface area contributed by atoms with Crippen LogP contribution in [0.25, 0.3) is 10.8 Å². The predicted molar refractivity (Wildman–Crippen MR) is 108 cm³/mol. The SMILES string of the molecule is CCSc1ccc(Cl)cc1Cn1ccc2c(Br)cc(C(F)(F)F)cc2c1=O. The molecule has 3 aromatic rings. The maximum absolute atomic E-state index is 13.1. The molecular formula is C19H14BrClF3NOS. The molecule has 1 aromatic heterocycles. The Kier molecular flexibility index (Phi) is 5.93. The third kappa shape index (κ3) is 4.36. The molecule has 3 rings (SSSR count). The van der Waals surface area contributed by atoms with Gasteiger partial charge < -0.3 is 4.57 Å². The topological polar surface area (TPSA) is 22.0 Å². The van der Waals surface area contributed by atoms with Gasteiger partial charge in [-0.15, -0.1) is 11.8 Å². The van der Waals surface area contributed by atoms with Gasteiger partial charge in [-0.05, 0) is 47.7 Å². The van der Waals surface area contributed by atoms with Crippen LogP contribution in [0.3, 0.4) is 0 Å². The quantitative estimate of drug-likeness (QED) is 0.396. The minimum absolute atomic E-state index is 0.0194. The van der Waals surface area contributed by atoms with E-state index >= 15 is 0 Å². The van der Waals surface area contributed by atoms with Crippen LogP contribution in [0.4, 0.5) is 13.2 Å². The van der Waals surface area contributed by atoms with Crippen molar-refractivity contribution >= 4 is 50.1 Å². The standard InChI is InChI=1S/C19H14BrClF3NOS/c1-2-27-17-4-3-13(21)7-11(17)10-25-6-5-14-15(18(25)26)8-12(9-16(14)20)19(22,23)24/h3-9H,2,10H2,1H3. The number of thioether (sulfide) groups is 1. The van der Waals surface area contributed by atoms with Gasteiger partial charge >= 0.3 is 6.18 Å². The van der Waals surface area contributed by atoms with Gasteiger partial charge in [0, 0.05) is 31.4 Å². The van der Waals surface area contributed by atoms with E-state index in [1.165, 1.54) is 4.57 Å². The summed E-state index contributed by atoms with van der Waals surface area (Å²) in [5.74, 6) is 0.850. The first kappa shape index (κ1) is 20.3. The van der Waals surface area contributed by atoms with Crippen LogP contribution in [0.2, 0.25) is 5.02 Å². The minimum atomic E-state index is -4.53. The highest BCUT2D eigenvalue weighted by molar-refractivity contribution is 9.10. The zero-order valence-electron chi connectivity index (χ0n) is 14.1. The van der Waals surface area contributed by atoms with E-state index in [1.54, 1.807) is 36.2 Å². The molecule has 1 heterocycles. The molecule has 0 atom stereocenters. The molecule has 0 fully saturated rings. The lowest BCUT2D eigenvalue weighted by Crippen LogP contribution is -2.21. The van der Waals surface area contributed by atoms with Gasteiger partial charge in [-0.3, -0.25) is 4.79 Å². The summed E-state index contributed by atoms with van der Waals surface area (Å²) in [6.45, 7) is 2.24. The maximum atomic E-state index is 13.1. The number of hydrogen-bond donors (Lipinski definition) is 0. The summed E-state index contributed by atoms with van der Waals surface area (Å²) in [7, 11) is 0. The molecule has 0 N–H and O–H groups in total. The Morgan fingerprint density at radius 2 is 1.89 bits per heavy atom. The fraction of sp³-hybridized carbons (Fsp3) is 0.211. The first-order valence-corrected chi connectivity index (χ1v) is 10.2. The van der Waals surface area contributed by atoms with Crippen molar-refractivity contribution in [3.63, 3.8) is 0 Å². The van der Waals surface area contributed by atoms with E-state index in [2.05, 4.69) is 15.9 Å². The van der Waals surface area contributed by atoms with Gasteiger partial charge in [0.25, 0.3) is 5.56 Å². The summed E-state index contributed by atoms with van der Waals surface area (Å²) in [4.78, 5) is 13.8. The molecule has 0 radical (unpaired) electrons. The largest absolute Gasteiger partial charge is 0.416 e.